The van der Waals surface area contributed by atoms with Crippen molar-refractivity contribution >= 4 is 39.2 Å². The third-order valence-corrected chi connectivity index (χ3v) is 3.47. The molecule has 16 heavy (non-hydrogen) atoms. The Morgan fingerprint density at radius 3 is 2.69 bits per heavy atom. The van der Waals surface area contributed by atoms with E-state index in [-0.39, 0.29) is 0 Å². The molecule has 1 aromatic rings. The van der Waals surface area contributed by atoms with Crippen molar-refractivity contribution in [2.75, 3.05) is 11.9 Å². The number of nitrogens with one attached hydrogen (secondary N) is 1. The number of anilines is 1. The van der Waals surface area contributed by atoms with Gasteiger partial charge in [0.25, 0.3) is 0 Å². The van der Waals surface area contributed by atoms with E-state index in [1.165, 1.54) is 0 Å². The molecule has 0 unspecified atom stereocenters. The van der Waals surface area contributed by atoms with Crippen molar-refractivity contribution < 1.29 is 9.90 Å². The lowest BCUT2D eigenvalue weighted by molar-refractivity contribution is -0.146. The zero-order valence-corrected chi connectivity index (χ0v) is 11.4. The van der Waals surface area contributed by atoms with Crippen molar-refractivity contribution in [3.63, 3.8) is 0 Å². The topological polar surface area (TPSA) is 49.3 Å². The zero-order chi connectivity index (χ0) is 12.3. The number of hydrogen-bond acceptors (Lipinski definition) is 2. The Labute approximate surface area is 108 Å². The molecule has 0 heterocycles. The van der Waals surface area contributed by atoms with E-state index in [1.54, 1.807) is 19.9 Å². The molecule has 0 bridgehead atoms. The van der Waals surface area contributed by atoms with E-state index in [9.17, 15) is 4.79 Å². The predicted octanol–water partition coefficient (Wildman–Crippen LogP) is 3.63. The normalized spacial score (nSPS) is 11.2. The number of aliphatic carboxylic acids is 1. The highest BCUT2D eigenvalue weighted by atomic mass is 79.9. The van der Waals surface area contributed by atoms with Crippen LogP contribution in [0.3, 0.4) is 0 Å². The summed E-state index contributed by atoms with van der Waals surface area (Å²) in [5.74, 6) is -0.830. The van der Waals surface area contributed by atoms with Crippen LogP contribution in [0.1, 0.15) is 13.8 Å². The molecule has 5 heteroatoms. The highest BCUT2D eigenvalue weighted by molar-refractivity contribution is 9.10. The van der Waals surface area contributed by atoms with E-state index in [4.69, 9.17) is 16.7 Å². The molecule has 2 N–H and O–H groups in total. The molecule has 3 nitrogen and oxygen atoms in total. The molecule has 0 fully saturated rings. The first-order valence-electron chi connectivity index (χ1n) is 4.75. The van der Waals surface area contributed by atoms with Crippen LogP contribution in [-0.2, 0) is 4.79 Å². The van der Waals surface area contributed by atoms with Crippen LogP contribution in [0.15, 0.2) is 22.7 Å². The summed E-state index contributed by atoms with van der Waals surface area (Å²) in [6.07, 6.45) is 0. The number of halogens is 2. The highest BCUT2D eigenvalue weighted by Gasteiger charge is 2.26. The van der Waals surface area contributed by atoms with E-state index >= 15 is 0 Å². The molecule has 0 amide bonds. The largest absolute Gasteiger partial charge is 0.481 e. The molecule has 0 aliphatic carbocycles. The Morgan fingerprint density at radius 2 is 2.19 bits per heavy atom. The molecule has 88 valence electrons. The third kappa shape index (κ3) is 3.39. The van der Waals surface area contributed by atoms with Crippen LogP contribution < -0.4 is 5.32 Å². The van der Waals surface area contributed by atoms with Crippen LogP contribution in [0.5, 0.6) is 0 Å². The number of carbonyl (C=O) groups is 1. The van der Waals surface area contributed by atoms with Crippen LogP contribution in [0, 0.1) is 5.41 Å². The fourth-order valence-electron chi connectivity index (χ4n) is 1.00. The van der Waals surface area contributed by atoms with Crippen molar-refractivity contribution in [1.29, 1.82) is 0 Å². The molecule has 0 spiro atoms. The van der Waals surface area contributed by atoms with Crippen molar-refractivity contribution in [2.45, 2.75) is 13.8 Å². The molecule has 0 aliphatic heterocycles. The van der Waals surface area contributed by atoms with Gasteiger partial charge in [-0.2, -0.15) is 0 Å². The molecule has 0 aromatic heterocycles. The summed E-state index contributed by atoms with van der Waals surface area (Å²) in [6.45, 7) is 3.69. The van der Waals surface area contributed by atoms with E-state index in [0.717, 1.165) is 10.2 Å². The molecule has 1 rings (SSSR count). The predicted molar refractivity (Wildman–Crippen MR) is 69.1 cm³/mol. The van der Waals surface area contributed by atoms with E-state index in [1.807, 2.05) is 12.1 Å². The number of hydrogen-bond donors (Lipinski definition) is 2. The minimum Gasteiger partial charge on any atom is -0.481 e. The molecule has 0 saturated carbocycles. The minimum absolute atomic E-state index is 0.348. The monoisotopic (exact) mass is 305 g/mol. The van der Waals surface area contributed by atoms with Gasteiger partial charge in [-0.1, -0.05) is 11.6 Å². The van der Waals surface area contributed by atoms with Crippen LogP contribution in [0.25, 0.3) is 0 Å². The first kappa shape index (κ1) is 13.3. The average molecular weight is 307 g/mol. The number of rotatable bonds is 4. The standard InChI is InChI=1S/C11H13BrClNO2/c1-11(2,10(15)16)6-14-7-3-4-8(12)9(13)5-7/h3-5,14H,6H2,1-2H3,(H,15,16). The maximum absolute atomic E-state index is 10.9. The fourth-order valence-corrected chi connectivity index (χ4v) is 1.43. The quantitative estimate of drug-likeness (QED) is 0.893. The highest BCUT2D eigenvalue weighted by Crippen LogP contribution is 2.26. The molecular weight excluding hydrogens is 293 g/mol. The van der Waals surface area contributed by atoms with Crippen molar-refractivity contribution in [3.05, 3.63) is 27.7 Å². The maximum atomic E-state index is 10.9. The number of carboxylic acids is 1. The second-order valence-electron chi connectivity index (χ2n) is 4.17. The van der Waals surface area contributed by atoms with Gasteiger partial charge >= 0.3 is 5.97 Å². The van der Waals surface area contributed by atoms with Gasteiger partial charge in [-0.15, -0.1) is 0 Å². The van der Waals surface area contributed by atoms with E-state index < -0.39 is 11.4 Å². The summed E-state index contributed by atoms with van der Waals surface area (Å²) in [6, 6.07) is 5.41. The Kier molecular flexibility index (Phi) is 4.21. The van der Waals surface area contributed by atoms with E-state index in [2.05, 4.69) is 21.2 Å². The fraction of sp³-hybridized carbons (Fsp3) is 0.364. The van der Waals surface area contributed by atoms with Gasteiger partial charge in [-0.05, 0) is 48.0 Å². The first-order valence-corrected chi connectivity index (χ1v) is 5.92. The minimum atomic E-state index is -0.830. The maximum Gasteiger partial charge on any atom is 0.310 e. The van der Waals surface area contributed by atoms with Gasteiger partial charge in [0.1, 0.15) is 0 Å². The summed E-state index contributed by atoms with van der Waals surface area (Å²) in [4.78, 5) is 10.9. The van der Waals surface area contributed by atoms with Crippen molar-refractivity contribution in [2.24, 2.45) is 5.41 Å². The van der Waals surface area contributed by atoms with Crippen LogP contribution in [0.4, 0.5) is 5.69 Å². The Hall–Kier alpha value is -0.740. The second-order valence-corrected chi connectivity index (χ2v) is 5.43. The molecule has 0 aliphatic rings. The lowest BCUT2D eigenvalue weighted by Crippen LogP contribution is -2.31. The summed E-state index contributed by atoms with van der Waals surface area (Å²) in [7, 11) is 0. The number of carboxylic acid groups (broad SMARTS) is 1. The van der Waals surface area contributed by atoms with E-state index in [0.29, 0.717) is 11.6 Å². The Bertz CT molecular complexity index is 407. The Balaban J connectivity index is 2.68. The summed E-state index contributed by atoms with van der Waals surface area (Å²) >= 11 is 9.21. The van der Waals surface area contributed by atoms with Crippen LogP contribution in [0.2, 0.25) is 5.02 Å². The molecule has 1 aromatic carbocycles. The Morgan fingerprint density at radius 1 is 1.56 bits per heavy atom. The van der Waals surface area contributed by atoms with Gasteiger partial charge in [0, 0.05) is 16.7 Å². The summed E-state index contributed by atoms with van der Waals surface area (Å²) in [5, 5.41) is 12.6. The van der Waals surface area contributed by atoms with Crippen LogP contribution in [-0.4, -0.2) is 17.6 Å². The van der Waals surface area contributed by atoms with Gasteiger partial charge in [0.05, 0.1) is 10.4 Å². The molecule has 0 atom stereocenters. The van der Waals surface area contributed by atoms with Gasteiger partial charge in [0.15, 0.2) is 0 Å². The molecule has 0 saturated heterocycles. The SMILES string of the molecule is CC(C)(CNc1ccc(Br)c(Cl)c1)C(=O)O. The smallest absolute Gasteiger partial charge is 0.310 e. The van der Waals surface area contributed by atoms with Gasteiger partial charge in [0.2, 0.25) is 0 Å². The molecular formula is C11H13BrClNO2. The lowest BCUT2D eigenvalue weighted by atomic mass is 9.94. The summed E-state index contributed by atoms with van der Waals surface area (Å²) < 4.78 is 0.817. The van der Waals surface area contributed by atoms with Gasteiger partial charge < -0.3 is 10.4 Å². The third-order valence-electron chi connectivity index (χ3n) is 2.23. The van der Waals surface area contributed by atoms with Crippen molar-refractivity contribution in [3.8, 4) is 0 Å². The summed E-state index contributed by atoms with van der Waals surface area (Å²) in [5.41, 5.74) is 0.00189. The zero-order valence-electron chi connectivity index (χ0n) is 9.05. The number of benzene rings is 1. The van der Waals surface area contributed by atoms with Crippen LogP contribution >= 0.6 is 27.5 Å². The van der Waals surface area contributed by atoms with Gasteiger partial charge in [-0.25, -0.2) is 0 Å². The molecule has 0 radical (unpaired) electrons. The first-order chi connectivity index (χ1) is 7.33. The van der Waals surface area contributed by atoms with Gasteiger partial charge in [-0.3, -0.25) is 4.79 Å². The average Bonchev–Trinajstić information content (AvgIpc) is 2.20. The second kappa shape index (κ2) is 5.06. The van der Waals surface area contributed by atoms with Crippen molar-refractivity contribution in [1.82, 2.24) is 0 Å². The lowest BCUT2D eigenvalue weighted by Gasteiger charge is -2.20.